The third-order valence-electron chi connectivity index (χ3n) is 3.20. The van der Waals surface area contributed by atoms with Crippen LogP contribution in [0.5, 0.6) is 0 Å². The Labute approximate surface area is 146 Å². The topological polar surface area (TPSA) is 89.2 Å². The number of aryl methyl sites for hydroxylation is 1. The van der Waals surface area contributed by atoms with Crippen molar-refractivity contribution in [1.82, 2.24) is 24.9 Å². The van der Waals surface area contributed by atoms with E-state index in [9.17, 15) is 9.59 Å². The SMILES string of the molecule is Cc1nnc(SCCCNC(=O)c2cnc3ccccn3c2=O)s1. The number of amides is 1. The number of thioether (sulfide) groups is 1. The number of hydrogen-bond acceptors (Lipinski definition) is 7. The molecular formula is C15H15N5O2S2. The molecule has 3 heterocycles. The molecule has 3 rings (SSSR count). The van der Waals surface area contributed by atoms with Crippen molar-refractivity contribution >= 4 is 34.7 Å². The average molecular weight is 361 g/mol. The monoisotopic (exact) mass is 361 g/mol. The minimum atomic E-state index is -0.400. The fourth-order valence-electron chi connectivity index (χ4n) is 2.05. The van der Waals surface area contributed by atoms with Gasteiger partial charge < -0.3 is 5.32 Å². The van der Waals surface area contributed by atoms with E-state index in [4.69, 9.17) is 0 Å². The number of hydrogen-bond donors (Lipinski definition) is 1. The Morgan fingerprint density at radius 2 is 2.25 bits per heavy atom. The molecule has 7 nitrogen and oxygen atoms in total. The zero-order valence-corrected chi connectivity index (χ0v) is 14.6. The smallest absolute Gasteiger partial charge is 0.270 e. The molecule has 0 saturated heterocycles. The Hall–Kier alpha value is -2.26. The van der Waals surface area contributed by atoms with Gasteiger partial charge in [0.25, 0.3) is 11.5 Å². The van der Waals surface area contributed by atoms with Crippen LogP contribution in [0.25, 0.3) is 5.65 Å². The molecule has 0 atom stereocenters. The molecule has 3 aromatic rings. The van der Waals surface area contributed by atoms with Gasteiger partial charge in [-0.3, -0.25) is 14.0 Å². The Morgan fingerprint density at radius 3 is 3.04 bits per heavy atom. The molecule has 0 saturated carbocycles. The maximum absolute atomic E-state index is 12.3. The summed E-state index contributed by atoms with van der Waals surface area (Å²) in [6, 6.07) is 5.23. The summed E-state index contributed by atoms with van der Waals surface area (Å²) in [5.74, 6) is 0.423. The molecule has 9 heteroatoms. The summed E-state index contributed by atoms with van der Waals surface area (Å²) in [5, 5.41) is 11.7. The van der Waals surface area contributed by atoms with Crippen molar-refractivity contribution in [2.24, 2.45) is 0 Å². The van der Waals surface area contributed by atoms with Crippen LogP contribution in [-0.2, 0) is 0 Å². The molecular weight excluding hydrogens is 346 g/mol. The van der Waals surface area contributed by atoms with Crippen molar-refractivity contribution in [3.8, 4) is 0 Å². The van der Waals surface area contributed by atoms with Crippen LogP contribution in [0.3, 0.4) is 0 Å². The van der Waals surface area contributed by atoms with Crippen molar-refractivity contribution in [3.05, 3.63) is 51.5 Å². The van der Waals surface area contributed by atoms with Gasteiger partial charge in [0.15, 0.2) is 4.34 Å². The lowest BCUT2D eigenvalue weighted by atomic mass is 10.3. The molecule has 0 aliphatic heterocycles. The Bertz CT molecular complexity index is 921. The van der Waals surface area contributed by atoms with Crippen molar-refractivity contribution in [2.45, 2.75) is 17.7 Å². The van der Waals surface area contributed by atoms with Crippen molar-refractivity contribution in [3.63, 3.8) is 0 Å². The van der Waals surface area contributed by atoms with E-state index in [2.05, 4.69) is 20.5 Å². The second-order valence-electron chi connectivity index (χ2n) is 4.95. The average Bonchev–Trinajstić information content (AvgIpc) is 3.00. The highest BCUT2D eigenvalue weighted by atomic mass is 32.2. The summed E-state index contributed by atoms with van der Waals surface area (Å²) in [7, 11) is 0. The molecule has 0 aliphatic carbocycles. The molecule has 0 unspecified atom stereocenters. The van der Waals surface area contributed by atoms with Crippen LogP contribution in [0.4, 0.5) is 0 Å². The fraction of sp³-hybridized carbons (Fsp3) is 0.267. The number of carbonyl (C=O) groups is 1. The van der Waals surface area contributed by atoms with E-state index < -0.39 is 5.91 Å². The van der Waals surface area contributed by atoms with E-state index in [0.29, 0.717) is 12.2 Å². The van der Waals surface area contributed by atoms with Gasteiger partial charge in [0, 0.05) is 24.7 Å². The number of fused-ring (bicyclic) bond motifs is 1. The van der Waals surface area contributed by atoms with Gasteiger partial charge in [0.05, 0.1) is 0 Å². The summed E-state index contributed by atoms with van der Waals surface area (Å²) >= 11 is 3.16. The lowest BCUT2D eigenvalue weighted by Gasteiger charge is -2.05. The zero-order chi connectivity index (χ0) is 16.9. The van der Waals surface area contributed by atoms with Crippen LogP contribution < -0.4 is 10.9 Å². The molecule has 0 radical (unpaired) electrons. The number of pyridine rings is 1. The molecule has 0 fully saturated rings. The summed E-state index contributed by atoms with van der Waals surface area (Å²) in [5.41, 5.74) is 0.200. The molecule has 0 bridgehead atoms. The van der Waals surface area contributed by atoms with Gasteiger partial charge in [-0.25, -0.2) is 4.98 Å². The third-order valence-corrected chi connectivity index (χ3v) is 5.26. The number of rotatable bonds is 6. The van der Waals surface area contributed by atoms with Crippen molar-refractivity contribution in [1.29, 1.82) is 0 Å². The standard InChI is InChI=1S/C15H15N5O2S2/c1-10-18-19-15(24-10)23-8-4-6-16-13(21)11-9-17-12-5-2-3-7-20(12)14(11)22/h2-3,5,7,9H,4,6,8H2,1H3,(H,16,21). The second-order valence-corrected chi connectivity index (χ2v) is 7.47. The first-order chi connectivity index (χ1) is 11.6. The van der Waals surface area contributed by atoms with Gasteiger partial charge in [-0.1, -0.05) is 29.2 Å². The Balaban J connectivity index is 1.53. The third kappa shape index (κ3) is 3.80. The quantitative estimate of drug-likeness (QED) is 0.532. The zero-order valence-electron chi connectivity index (χ0n) is 12.9. The highest BCUT2D eigenvalue weighted by Crippen LogP contribution is 2.21. The molecule has 1 amide bonds. The van der Waals surface area contributed by atoms with Crippen molar-refractivity contribution < 1.29 is 4.79 Å². The minimum absolute atomic E-state index is 0.0473. The molecule has 0 aliphatic rings. The van der Waals surface area contributed by atoms with E-state index in [1.54, 1.807) is 47.5 Å². The summed E-state index contributed by atoms with van der Waals surface area (Å²) in [6.07, 6.45) is 3.70. The maximum atomic E-state index is 12.3. The van der Waals surface area contributed by atoms with E-state index in [1.807, 2.05) is 6.92 Å². The normalized spacial score (nSPS) is 10.9. The van der Waals surface area contributed by atoms with Gasteiger partial charge in [0.1, 0.15) is 16.2 Å². The van der Waals surface area contributed by atoms with E-state index >= 15 is 0 Å². The van der Waals surface area contributed by atoms with E-state index in [-0.39, 0.29) is 11.1 Å². The highest BCUT2D eigenvalue weighted by molar-refractivity contribution is 8.01. The van der Waals surface area contributed by atoms with Gasteiger partial charge in [-0.2, -0.15) is 0 Å². The highest BCUT2D eigenvalue weighted by Gasteiger charge is 2.12. The van der Waals surface area contributed by atoms with Crippen molar-refractivity contribution in [2.75, 3.05) is 12.3 Å². The van der Waals surface area contributed by atoms with Gasteiger partial charge in [0.2, 0.25) is 0 Å². The molecule has 24 heavy (non-hydrogen) atoms. The van der Waals surface area contributed by atoms with Crippen LogP contribution in [0.2, 0.25) is 0 Å². The predicted octanol–water partition coefficient (Wildman–Crippen LogP) is 1.77. The molecule has 124 valence electrons. The van der Waals surface area contributed by atoms with Gasteiger partial charge in [-0.15, -0.1) is 10.2 Å². The Kier molecular flexibility index (Phi) is 5.21. The van der Waals surface area contributed by atoms with Gasteiger partial charge >= 0.3 is 0 Å². The van der Waals surface area contributed by atoms with Crippen LogP contribution in [0.1, 0.15) is 21.8 Å². The summed E-state index contributed by atoms with van der Waals surface area (Å²) in [4.78, 5) is 28.6. The van der Waals surface area contributed by atoms with Crippen LogP contribution >= 0.6 is 23.1 Å². The number of aromatic nitrogens is 4. The fourth-order valence-corrected chi connectivity index (χ4v) is 3.87. The van der Waals surface area contributed by atoms with E-state index in [1.165, 1.54) is 10.6 Å². The summed E-state index contributed by atoms with van der Waals surface area (Å²) < 4.78 is 2.29. The number of carbonyl (C=O) groups excluding carboxylic acids is 1. The summed E-state index contributed by atoms with van der Waals surface area (Å²) in [6.45, 7) is 2.40. The van der Waals surface area contributed by atoms with Crippen LogP contribution in [0.15, 0.2) is 39.7 Å². The van der Waals surface area contributed by atoms with Crippen LogP contribution in [0, 0.1) is 6.92 Å². The first-order valence-corrected chi connectivity index (χ1v) is 9.13. The number of nitrogens with zero attached hydrogens (tertiary/aromatic N) is 4. The second kappa shape index (κ2) is 7.54. The number of nitrogens with one attached hydrogen (secondary N) is 1. The molecule has 0 spiro atoms. The lowest BCUT2D eigenvalue weighted by Crippen LogP contribution is -2.32. The predicted molar refractivity (Wildman–Crippen MR) is 93.8 cm³/mol. The lowest BCUT2D eigenvalue weighted by molar-refractivity contribution is 0.0952. The molecule has 0 aromatic carbocycles. The Morgan fingerprint density at radius 1 is 1.38 bits per heavy atom. The first-order valence-electron chi connectivity index (χ1n) is 7.32. The minimum Gasteiger partial charge on any atom is -0.352 e. The largest absolute Gasteiger partial charge is 0.352 e. The molecule has 3 aromatic heterocycles. The van der Waals surface area contributed by atoms with Crippen LogP contribution in [-0.4, -0.2) is 37.8 Å². The van der Waals surface area contributed by atoms with E-state index in [0.717, 1.165) is 21.5 Å². The first kappa shape index (κ1) is 16.6. The molecule has 1 N–H and O–H groups in total. The van der Waals surface area contributed by atoms with Gasteiger partial charge in [-0.05, 0) is 25.5 Å². The maximum Gasteiger partial charge on any atom is 0.270 e.